The summed E-state index contributed by atoms with van der Waals surface area (Å²) in [4.78, 5) is 11.6. The molecule has 0 saturated heterocycles. The van der Waals surface area contributed by atoms with Gasteiger partial charge in [-0.2, -0.15) is 0 Å². The second kappa shape index (κ2) is 9.59. The molecule has 3 saturated carbocycles. The van der Waals surface area contributed by atoms with Gasteiger partial charge in [0, 0.05) is 19.8 Å². The molecular formula is C35H44O4. The van der Waals surface area contributed by atoms with Crippen LogP contribution in [-0.4, -0.2) is 27.9 Å². The number of ether oxygens (including phenoxy) is 1. The number of carbonyl (C=O) groups is 1. The van der Waals surface area contributed by atoms with E-state index in [0.717, 1.165) is 62.5 Å². The quantitative estimate of drug-likeness (QED) is 0.326. The first kappa shape index (κ1) is 26.8. The standard InChI is InChI=1S/C35H44O4/c1-24(36)39-28-16-19-32(2)27(22-28)14-15-29-30(32)17-20-33(3)31(29)18-21-34(33,37)23-35(38,25-10-6-4-7-11-25)26-12-8-5-9-13-26/h4-14,28-31,37-38H,15-23H2,1-3H3. The Bertz CT molecular complexity index is 1200. The van der Waals surface area contributed by atoms with Gasteiger partial charge in [0.05, 0.1) is 5.60 Å². The molecule has 0 aliphatic heterocycles. The van der Waals surface area contributed by atoms with Crippen molar-refractivity contribution < 1.29 is 19.7 Å². The smallest absolute Gasteiger partial charge is 0.302 e. The number of aliphatic hydroxyl groups is 2. The molecule has 4 nitrogen and oxygen atoms in total. The fraction of sp³-hybridized carbons (Fsp3) is 0.571. The van der Waals surface area contributed by atoms with E-state index in [1.54, 1.807) is 0 Å². The molecule has 0 spiro atoms. The zero-order valence-electron chi connectivity index (χ0n) is 23.7. The maximum Gasteiger partial charge on any atom is 0.302 e. The molecule has 4 aliphatic carbocycles. The molecule has 6 rings (SSSR count). The Kier molecular flexibility index (Phi) is 6.59. The molecule has 39 heavy (non-hydrogen) atoms. The maximum atomic E-state index is 12.6. The van der Waals surface area contributed by atoms with Gasteiger partial charge in [0.2, 0.25) is 0 Å². The van der Waals surface area contributed by atoms with Crippen LogP contribution >= 0.6 is 0 Å². The van der Waals surface area contributed by atoms with Crippen LogP contribution in [0.3, 0.4) is 0 Å². The van der Waals surface area contributed by atoms with Gasteiger partial charge in [0.25, 0.3) is 0 Å². The van der Waals surface area contributed by atoms with Crippen LogP contribution < -0.4 is 0 Å². The molecule has 2 aromatic rings. The second-order valence-corrected chi connectivity index (χ2v) is 13.5. The fourth-order valence-electron chi connectivity index (χ4n) is 9.59. The molecule has 4 heteroatoms. The summed E-state index contributed by atoms with van der Waals surface area (Å²) < 4.78 is 5.62. The predicted octanol–water partition coefficient (Wildman–Crippen LogP) is 6.94. The van der Waals surface area contributed by atoms with Gasteiger partial charge < -0.3 is 14.9 Å². The first-order chi connectivity index (χ1) is 18.6. The van der Waals surface area contributed by atoms with Gasteiger partial charge in [-0.25, -0.2) is 0 Å². The van der Waals surface area contributed by atoms with E-state index in [1.807, 2.05) is 60.7 Å². The van der Waals surface area contributed by atoms with Gasteiger partial charge in [0.1, 0.15) is 11.7 Å². The van der Waals surface area contributed by atoms with Gasteiger partial charge in [-0.15, -0.1) is 0 Å². The molecule has 7 unspecified atom stereocenters. The van der Waals surface area contributed by atoms with E-state index in [1.165, 1.54) is 12.5 Å². The van der Waals surface area contributed by atoms with Crippen molar-refractivity contribution in [3.63, 3.8) is 0 Å². The lowest BCUT2D eigenvalue weighted by molar-refractivity contribution is -0.155. The van der Waals surface area contributed by atoms with E-state index in [4.69, 9.17) is 4.74 Å². The van der Waals surface area contributed by atoms with Crippen LogP contribution in [0.25, 0.3) is 0 Å². The van der Waals surface area contributed by atoms with E-state index in [2.05, 4.69) is 19.9 Å². The number of allylic oxidation sites excluding steroid dienone is 1. The van der Waals surface area contributed by atoms with Crippen molar-refractivity contribution in [1.29, 1.82) is 0 Å². The Labute approximate surface area is 233 Å². The Morgan fingerprint density at radius 1 is 0.923 bits per heavy atom. The van der Waals surface area contributed by atoms with Crippen molar-refractivity contribution in [2.45, 2.75) is 95.9 Å². The zero-order chi connectivity index (χ0) is 27.5. The normalized spacial score (nSPS) is 37.7. The summed E-state index contributed by atoms with van der Waals surface area (Å²) in [5, 5.41) is 25.0. The molecule has 4 aliphatic rings. The lowest BCUT2D eigenvalue weighted by Gasteiger charge is -2.59. The van der Waals surface area contributed by atoms with Gasteiger partial charge in [-0.05, 0) is 84.7 Å². The predicted molar refractivity (Wildman–Crippen MR) is 153 cm³/mol. The Morgan fingerprint density at radius 3 is 2.15 bits per heavy atom. The van der Waals surface area contributed by atoms with Crippen LogP contribution in [0.1, 0.15) is 89.7 Å². The van der Waals surface area contributed by atoms with Gasteiger partial charge in [0.15, 0.2) is 0 Å². The number of fused-ring (bicyclic) bond motifs is 5. The van der Waals surface area contributed by atoms with Crippen molar-refractivity contribution >= 4 is 5.97 Å². The van der Waals surface area contributed by atoms with Crippen LogP contribution in [0, 0.1) is 28.6 Å². The minimum Gasteiger partial charge on any atom is -0.462 e. The fourth-order valence-corrected chi connectivity index (χ4v) is 9.59. The summed E-state index contributed by atoms with van der Waals surface area (Å²) >= 11 is 0. The van der Waals surface area contributed by atoms with Crippen LogP contribution in [0.4, 0.5) is 0 Å². The molecule has 0 amide bonds. The minimum absolute atomic E-state index is 0.0115. The summed E-state index contributed by atoms with van der Waals surface area (Å²) in [6.07, 6.45) is 10.5. The molecule has 0 radical (unpaired) electrons. The molecule has 0 bridgehead atoms. The second-order valence-electron chi connectivity index (χ2n) is 13.5. The van der Waals surface area contributed by atoms with Crippen LogP contribution in [0.2, 0.25) is 0 Å². The topological polar surface area (TPSA) is 66.8 Å². The molecule has 2 N–H and O–H groups in total. The molecule has 2 aromatic carbocycles. The van der Waals surface area contributed by atoms with Gasteiger partial charge >= 0.3 is 5.97 Å². The highest BCUT2D eigenvalue weighted by Crippen LogP contribution is 2.68. The van der Waals surface area contributed by atoms with E-state index in [-0.39, 0.29) is 22.9 Å². The average molecular weight is 529 g/mol. The number of rotatable bonds is 5. The third kappa shape index (κ3) is 4.21. The van der Waals surface area contributed by atoms with Gasteiger partial charge in [-0.1, -0.05) is 86.2 Å². The summed E-state index contributed by atoms with van der Waals surface area (Å²) in [5.74, 6) is 1.39. The lowest BCUT2D eigenvalue weighted by atomic mass is 9.46. The number of benzene rings is 2. The highest BCUT2D eigenvalue weighted by Gasteiger charge is 2.65. The highest BCUT2D eigenvalue weighted by atomic mass is 16.5. The van der Waals surface area contributed by atoms with Crippen molar-refractivity contribution in [3.05, 3.63) is 83.4 Å². The number of hydrogen-bond acceptors (Lipinski definition) is 4. The lowest BCUT2D eigenvalue weighted by Crippen LogP contribution is -2.56. The number of carbonyl (C=O) groups excluding carboxylic acids is 1. The van der Waals surface area contributed by atoms with E-state index >= 15 is 0 Å². The molecule has 0 heterocycles. The van der Waals surface area contributed by atoms with Crippen LogP contribution in [0.5, 0.6) is 0 Å². The van der Waals surface area contributed by atoms with Gasteiger partial charge in [-0.3, -0.25) is 4.79 Å². The molecule has 208 valence electrons. The number of esters is 1. The zero-order valence-corrected chi connectivity index (χ0v) is 23.7. The summed E-state index contributed by atoms with van der Waals surface area (Å²) in [6, 6.07) is 19.8. The summed E-state index contributed by atoms with van der Waals surface area (Å²) in [7, 11) is 0. The SMILES string of the molecule is CC(=O)OC1CCC2(C)C(=CCC3C2CCC2(C)C3CCC2(O)CC(O)(c2ccccc2)c2ccccc2)C1. The Balaban J connectivity index is 1.30. The highest BCUT2D eigenvalue weighted by molar-refractivity contribution is 5.66. The molecular weight excluding hydrogens is 484 g/mol. The third-order valence-electron chi connectivity index (χ3n) is 11.8. The van der Waals surface area contributed by atoms with Crippen molar-refractivity contribution in [2.75, 3.05) is 0 Å². The van der Waals surface area contributed by atoms with Crippen molar-refractivity contribution in [1.82, 2.24) is 0 Å². The molecule has 7 atom stereocenters. The first-order valence-corrected chi connectivity index (χ1v) is 15.0. The summed E-state index contributed by atoms with van der Waals surface area (Å²) in [6.45, 7) is 6.28. The third-order valence-corrected chi connectivity index (χ3v) is 11.8. The maximum absolute atomic E-state index is 12.6. The van der Waals surface area contributed by atoms with E-state index < -0.39 is 11.2 Å². The average Bonchev–Trinajstić information content (AvgIpc) is 3.19. The largest absolute Gasteiger partial charge is 0.462 e. The number of hydrogen-bond donors (Lipinski definition) is 2. The molecule has 3 fully saturated rings. The summed E-state index contributed by atoms with van der Waals surface area (Å²) in [5.41, 5.74) is 0.855. The van der Waals surface area contributed by atoms with E-state index in [0.29, 0.717) is 24.2 Å². The van der Waals surface area contributed by atoms with Crippen molar-refractivity contribution in [2.24, 2.45) is 28.6 Å². The Hall–Kier alpha value is -2.43. The minimum atomic E-state index is -1.26. The monoisotopic (exact) mass is 528 g/mol. The molecule has 0 aromatic heterocycles. The van der Waals surface area contributed by atoms with Crippen LogP contribution in [-0.2, 0) is 15.1 Å². The first-order valence-electron chi connectivity index (χ1n) is 15.0. The van der Waals surface area contributed by atoms with E-state index in [9.17, 15) is 15.0 Å². The van der Waals surface area contributed by atoms with Crippen molar-refractivity contribution in [3.8, 4) is 0 Å². The van der Waals surface area contributed by atoms with Crippen LogP contribution in [0.15, 0.2) is 72.3 Å². The Morgan fingerprint density at radius 2 is 1.54 bits per heavy atom.